The molecule has 10 heavy (non-hydrogen) atoms. The molecular formula is C7H10O3. The summed E-state index contributed by atoms with van der Waals surface area (Å²) in [5, 5.41) is 8.73. The van der Waals surface area contributed by atoms with Crippen molar-refractivity contribution in [3.63, 3.8) is 0 Å². The monoisotopic (exact) mass is 142 g/mol. The number of hydrogen-bond acceptors (Lipinski definition) is 3. The van der Waals surface area contributed by atoms with Crippen LogP contribution < -0.4 is 0 Å². The summed E-state index contributed by atoms with van der Waals surface area (Å²) in [5.41, 5.74) is 0. The first-order valence-corrected chi connectivity index (χ1v) is 2.80. The third kappa shape index (κ3) is 3.04. The molecule has 0 rings (SSSR count). The van der Waals surface area contributed by atoms with Crippen LogP contribution in [0.15, 0.2) is 25.3 Å². The number of ether oxygens (including phenoxy) is 1. The van der Waals surface area contributed by atoms with Crippen LogP contribution in [0.5, 0.6) is 0 Å². The van der Waals surface area contributed by atoms with E-state index < -0.39 is 12.1 Å². The molecule has 0 bridgehead atoms. The van der Waals surface area contributed by atoms with Crippen LogP contribution in [0.4, 0.5) is 0 Å². The van der Waals surface area contributed by atoms with E-state index in [2.05, 4.69) is 17.9 Å². The lowest BCUT2D eigenvalue weighted by molar-refractivity contribution is -0.149. The Labute approximate surface area is 59.6 Å². The SMILES string of the molecule is C=CCOC(=O)[C@H](O)C=C. The highest BCUT2D eigenvalue weighted by Crippen LogP contribution is 1.88. The van der Waals surface area contributed by atoms with Crippen molar-refractivity contribution < 1.29 is 14.6 Å². The summed E-state index contributed by atoms with van der Waals surface area (Å²) in [6.45, 7) is 6.66. The van der Waals surface area contributed by atoms with Gasteiger partial charge in [-0.05, 0) is 0 Å². The van der Waals surface area contributed by atoms with E-state index in [1.54, 1.807) is 0 Å². The number of rotatable bonds is 4. The fourth-order valence-electron chi connectivity index (χ4n) is 0.323. The Kier molecular flexibility index (Phi) is 4.24. The van der Waals surface area contributed by atoms with Crippen molar-refractivity contribution in [3.8, 4) is 0 Å². The van der Waals surface area contributed by atoms with E-state index >= 15 is 0 Å². The minimum Gasteiger partial charge on any atom is -0.459 e. The van der Waals surface area contributed by atoms with E-state index in [0.29, 0.717) is 0 Å². The molecule has 0 radical (unpaired) electrons. The average Bonchev–Trinajstić information content (AvgIpc) is 1.98. The number of aliphatic hydroxyl groups excluding tert-OH is 1. The maximum absolute atomic E-state index is 10.5. The second kappa shape index (κ2) is 4.76. The third-order valence-corrected chi connectivity index (χ3v) is 0.808. The first kappa shape index (κ1) is 8.91. The van der Waals surface area contributed by atoms with Crippen LogP contribution in [-0.2, 0) is 9.53 Å². The van der Waals surface area contributed by atoms with E-state index in [1.807, 2.05) is 0 Å². The van der Waals surface area contributed by atoms with E-state index in [0.717, 1.165) is 6.08 Å². The summed E-state index contributed by atoms with van der Waals surface area (Å²) in [4.78, 5) is 10.5. The summed E-state index contributed by atoms with van der Waals surface area (Å²) < 4.78 is 4.47. The molecule has 0 aliphatic rings. The lowest BCUT2D eigenvalue weighted by Crippen LogP contribution is -2.20. The Hall–Kier alpha value is -1.09. The van der Waals surface area contributed by atoms with Gasteiger partial charge in [-0.1, -0.05) is 25.3 Å². The fraction of sp³-hybridized carbons (Fsp3) is 0.286. The van der Waals surface area contributed by atoms with Gasteiger partial charge in [0.1, 0.15) is 6.61 Å². The number of carbonyl (C=O) groups excluding carboxylic acids is 1. The number of carbonyl (C=O) groups is 1. The normalized spacial score (nSPS) is 11.7. The molecule has 1 N–H and O–H groups in total. The van der Waals surface area contributed by atoms with Gasteiger partial charge in [-0.3, -0.25) is 0 Å². The molecule has 0 aromatic heterocycles. The molecule has 3 nitrogen and oxygen atoms in total. The highest BCUT2D eigenvalue weighted by Gasteiger charge is 2.10. The summed E-state index contributed by atoms with van der Waals surface area (Å²) >= 11 is 0. The minimum atomic E-state index is -1.22. The highest BCUT2D eigenvalue weighted by molar-refractivity contribution is 5.76. The highest BCUT2D eigenvalue weighted by atomic mass is 16.5. The van der Waals surface area contributed by atoms with Gasteiger partial charge in [0.2, 0.25) is 0 Å². The summed E-state index contributed by atoms with van der Waals surface area (Å²) in [6.07, 6.45) is 1.30. The van der Waals surface area contributed by atoms with Gasteiger partial charge in [0, 0.05) is 0 Å². The first-order chi connectivity index (χ1) is 4.72. The van der Waals surface area contributed by atoms with Crippen molar-refractivity contribution in [2.24, 2.45) is 0 Å². The summed E-state index contributed by atoms with van der Waals surface area (Å²) in [6, 6.07) is 0. The number of hydrogen-bond donors (Lipinski definition) is 1. The molecule has 0 heterocycles. The molecule has 3 heteroatoms. The Morgan fingerprint density at radius 3 is 2.70 bits per heavy atom. The van der Waals surface area contributed by atoms with Crippen LogP contribution in [0.2, 0.25) is 0 Å². The molecule has 56 valence electrons. The number of esters is 1. The lowest BCUT2D eigenvalue weighted by Gasteiger charge is -2.02. The molecule has 0 spiro atoms. The van der Waals surface area contributed by atoms with Crippen molar-refractivity contribution in [1.82, 2.24) is 0 Å². The third-order valence-electron chi connectivity index (χ3n) is 0.808. The van der Waals surface area contributed by atoms with Crippen molar-refractivity contribution in [3.05, 3.63) is 25.3 Å². The van der Waals surface area contributed by atoms with Gasteiger partial charge in [0.05, 0.1) is 0 Å². The van der Waals surface area contributed by atoms with Crippen LogP contribution in [0.3, 0.4) is 0 Å². The van der Waals surface area contributed by atoms with E-state index in [-0.39, 0.29) is 6.61 Å². The molecule has 0 unspecified atom stereocenters. The quantitative estimate of drug-likeness (QED) is 0.452. The topological polar surface area (TPSA) is 46.5 Å². The van der Waals surface area contributed by atoms with Crippen molar-refractivity contribution >= 4 is 5.97 Å². The maximum atomic E-state index is 10.5. The Morgan fingerprint density at radius 2 is 2.30 bits per heavy atom. The fourth-order valence-corrected chi connectivity index (χ4v) is 0.323. The molecular weight excluding hydrogens is 132 g/mol. The Balaban J connectivity index is 3.61. The smallest absolute Gasteiger partial charge is 0.339 e. The summed E-state index contributed by atoms with van der Waals surface area (Å²) in [5.74, 6) is -0.699. The van der Waals surface area contributed by atoms with Crippen LogP contribution in [0, 0.1) is 0 Å². The first-order valence-electron chi connectivity index (χ1n) is 2.80. The standard InChI is InChI=1S/C7H10O3/c1-3-5-10-7(9)6(8)4-2/h3-4,6,8H,1-2,5H2/t6-/m1/s1. The van der Waals surface area contributed by atoms with Crippen LogP contribution >= 0.6 is 0 Å². The molecule has 0 aliphatic carbocycles. The van der Waals surface area contributed by atoms with Gasteiger partial charge in [0.25, 0.3) is 0 Å². The average molecular weight is 142 g/mol. The van der Waals surface area contributed by atoms with E-state index in [4.69, 9.17) is 5.11 Å². The second-order valence-electron chi connectivity index (χ2n) is 1.60. The van der Waals surface area contributed by atoms with Gasteiger partial charge >= 0.3 is 5.97 Å². The van der Waals surface area contributed by atoms with Gasteiger partial charge in [-0.15, -0.1) is 0 Å². The zero-order chi connectivity index (χ0) is 7.98. The zero-order valence-corrected chi connectivity index (χ0v) is 5.62. The molecule has 0 saturated carbocycles. The maximum Gasteiger partial charge on any atom is 0.339 e. The van der Waals surface area contributed by atoms with E-state index in [1.165, 1.54) is 6.08 Å². The van der Waals surface area contributed by atoms with Gasteiger partial charge < -0.3 is 9.84 Å². The molecule has 0 saturated heterocycles. The molecule has 0 aromatic rings. The molecule has 1 atom stereocenters. The number of aliphatic hydroxyl groups is 1. The summed E-state index contributed by atoms with van der Waals surface area (Å²) in [7, 11) is 0. The Morgan fingerprint density at radius 1 is 1.70 bits per heavy atom. The Bertz CT molecular complexity index is 140. The molecule has 0 aliphatic heterocycles. The van der Waals surface area contributed by atoms with Crippen molar-refractivity contribution in [1.29, 1.82) is 0 Å². The molecule has 0 aromatic carbocycles. The largest absolute Gasteiger partial charge is 0.459 e. The predicted octanol–water partition coefficient (Wildman–Crippen LogP) is 0.263. The van der Waals surface area contributed by atoms with Crippen molar-refractivity contribution in [2.45, 2.75) is 6.10 Å². The predicted molar refractivity (Wildman–Crippen MR) is 37.4 cm³/mol. The van der Waals surface area contributed by atoms with Gasteiger partial charge in [-0.25, -0.2) is 4.79 Å². The van der Waals surface area contributed by atoms with Gasteiger partial charge in [-0.2, -0.15) is 0 Å². The zero-order valence-electron chi connectivity index (χ0n) is 5.62. The molecule has 0 amide bonds. The minimum absolute atomic E-state index is 0.115. The lowest BCUT2D eigenvalue weighted by atomic mass is 10.4. The van der Waals surface area contributed by atoms with E-state index in [9.17, 15) is 4.79 Å². The second-order valence-corrected chi connectivity index (χ2v) is 1.60. The van der Waals surface area contributed by atoms with Crippen LogP contribution in [0.25, 0.3) is 0 Å². The molecule has 0 fully saturated rings. The van der Waals surface area contributed by atoms with Crippen molar-refractivity contribution in [2.75, 3.05) is 6.61 Å². The van der Waals surface area contributed by atoms with Crippen LogP contribution in [0.1, 0.15) is 0 Å². The van der Waals surface area contributed by atoms with Gasteiger partial charge in [0.15, 0.2) is 6.10 Å². The van der Waals surface area contributed by atoms with Crippen LogP contribution in [-0.4, -0.2) is 23.8 Å².